The lowest BCUT2D eigenvalue weighted by Crippen LogP contribution is -2.54. The summed E-state index contributed by atoms with van der Waals surface area (Å²) in [6, 6.07) is 15.0. The zero-order valence-electron chi connectivity index (χ0n) is 19.7. The number of amides is 3. The Balaban J connectivity index is 2.40. The van der Waals surface area contributed by atoms with Crippen LogP contribution >= 0.6 is 0 Å². The highest BCUT2D eigenvalue weighted by molar-refractivity contribution is 5.99. The molecule has 34 heavy (non-hydrogen) atoms. The second kappa shape index (κ2) is 11.8. The van der Waals surface area contributed by atoms with Crippen molar-refractivity contribution in [2.75, 3.05) is 18.5 Å². The third kappa shape index (κ3) is 7.32. The van der Waals surface area contributed by atoms with Gasteiger partial charge in [-0.05, 0) is 44.9 Å². The first kappa shape index (κ1) is 26.4. The number of aryl methyl sites for hydroxylation is 1. The number of aliphatic hydroxyl groups excluding tert-OH is 1. The number of rotatable bonds is 8. The smallest absolute Gasteiger partial charge is 0.408 e. The number of nitrogens with one attached hydrogen (secondary N) is 2. The highest BCUT2D eigenvalue weighted by atomic mass is 16.6. The molecule has 9 nitrogen and oxygen atoms in total. The molecule has 3 N–H and O–H groups in total. The van der Waals surface area contributed by atoms with Crippen molar-refractivity contribution in [3.05, 3.63) is 65.7 Å². The van der Waals surface area contributed by atoms with Crippen LogP contribution in [0.3, 0.4) is 0 Å². The molecule has 0 aliphatic carbocycles. The van der Waals surface area contributed by atoms with Crippen LogP contribution in [0.1, 0.15) is 37.9 Å². The summed E-state index contributed by atoms with van der Waals surface area (Å²) >= 11 is 0. The number of hydrogen-bond donors (Lipinski definition) is 3. The number of carbonyl (C=O) groups excluding carboxylic acids is 3. The maximum Gasteiger partial charge on any atom is 0.408 e. The fraction of sp³-hybridized carbons (Fsp3) is 0.360. The molecule has 2 atom stereocenters. The number of nitriles is 1. The van der Waals surface area contributed by atoms with Gasteiger partial charge >= 0.3 is 6.09 Å². The van der Waals surface area contributed by atoms with E-state index >= 15 is 0 Å². The van der Waals surface area contributed by atoms with Crippen LogP contribution in [0.2, 0.25) is 0 Å². The van der Waals surface area contributed by atoms with Crippen LogP contribution in [0.4, 0.5) is 10.5 Å². The summed E-state index contributed by atoms with van der Waals surface area (Å²) in [5, 5.41) is 24.4. The molecule has 0 fully saturated rings. The lowest BCUT2D eigenvalue weighted by Gasteiger charge is -2.32. The molecular weight excluding hydrogens is 436 g/mol. The fourth-order valence-corrected chi connectivity index (χ4v) is 3.23. The van der Waals surface area contributed by atoms with Crippen molar-refractivity contribution in [3.8, 4) is 6.07 Å². The Bertz CT molecular complexity index is 1040. The number of anilines is 1. The standard InChI is InChI=1S/C25H30N4O5/c1-17-10-8-9-13-19(17)27-22(31)21(18-11-6-5-7-12-18)29(15-14-26)23(32)20(16-30)28-24(33)34-25(2,3)4/h5-13,20-21,30H,15-16H2,1-4H3,(H,27,31)(H,28,33). The monoisotopic (exact) mass is 466 g/mol. The molecule has 0 aliphatic heterocycles. The highest BCUT2D eigenvalue weighted by Crippen LogP contribution is 2.25. The zero-order chi connectivity index (χ0) is 25.3. The van der Waals surface area contributed by atoms with E-state index in [0.29, 0.717) is 11.3 Å². The Labute approximate surface area is 199 Å². The first-order valence-corrected chi connectivity index (χ1v) is 10.8. The van der Waals surface area contributed by atoms with E-state index in [1.165, 1.54) is 0 Å². The summed E-state index contributed by atoms with van der Waals surface area (Å²) < 4.78 is 5.17. The molecule has 9 heteroatoms. The van der Waals surface area contributed by atoms with Crippen molar-refractivity contribution in [1.82, 2.24) is 10.2 Å². The van der Waals surface area contributed by atoms with Crippen molar-refractivity contribution in [2.45, 2.75) is 45.4 Å². The van der Waals surface area contributed by atoms with Crippen molar-refractivity contribution in [3.63, 3.8) is 0 Å². The number of para-hydroxylation sites is 1. The summed E-state index contributed by atoms with van der Waals surface area (Å²) in [6.45, 7) is 5.61. The number of benzene rings is 2. The number of ether oxygens (including phenoxy) is 1. The minimum Gasteiger partial charge on any atom is -0.444 e. The normalized spacial score (nSPS) is 12.6. The van der Waals surface area contributed by atoms with Gasteiger partial charge in [-0.25, -0.2) is 4.79 Å². The number of hydrogen-bond acceptors (Lipinski definition) is 6. The van der Waals surface area contributed by atoms with E-state index in [-0.39, 0.29) is 0 Å². The lowest BCUT2D eigenvalue weighted by molar-refractivity contribution is -0.140. The van der Waals surface area contributed by atoms with Crippen molar-refractivity contribution in [1.29, 1.82) is 5.26 Å². The van der Waals surface area contributed by atoms with E-state index in [1.807, 2.05) is 25.1 Å². The van der Waals surface area contributed by atoms with Gasteiger partial charge in [-0.3, -0.25) is 9.59 Å². The van der Waals surface area contributed by atoms with Gasteiger partial charge in [0.05, 0.1) is 12.7 Å². The Morgan fingerprint density at radius 1 is 1.09 bits per heavy atom. The molecule has 180 valence electrons. The number of carbonyl (C=O) groups is 3. The van der Waals surface area contributed by atoms with Gasteiger partial charge in [0.1, 0.15) is 24.2 Å². The molecule has 0 aromatic heterocycles. The molecule has 0 saturated heterocycles. The van der Waals surface area contributed by atoms with Crippen LogP contribution in [0.5, 0.6) is 0 Å². The molecule has 0 radical (unpaired) electrons. The van der Waals surface area contributed by atoms with Crippen LogP contribution in [0, 0.1) is 18.3 Å². The van der Waals surface area contributed by atoms with Gasteiger partial charge in [-0.1, -0.05) is 48.5 Å². The molecule has 0 aliphatic rings. The Morgan fingerprint density at radius 2 is 1.71 bits per heavy atom. The average Bonchev–Trinajstić information content (AvgIpc) is 2.78. The zero-order valence-corrected chi connectivity index (χ0v) is 19.7. The van der Waals surface area contributed by atoms with Crippen LogP contribution in [0.25, 0.3) is 0 Å². The fourth-order valence-electron chi connectivity index (χ4n) is 3.23. The maximum atomic E-state index is 13.4. The third-order valence-electron chi connectivity index (χ3n) is 4.77. The quantitative estimate of drug-likeness (QED) is 0.513. The summed E-state index contributed by atoms with van der Waals surface area (Å²) in [7, 11) is 0. The molecule has 2 aromatic carbocycles. The molecule has 3 amide bonds. The minimum absolute atomic E-state index is 0.452. The number of alkyl carbamates (subject to hydrolysis) is 1. The Kier molecular flexibility index (Phi) is 9.16. The second-order valence-corrected chi connectivity index (χ2v) is 8.62. The van der Waals surface area contributed by atoms with E-state index < -0.39 is 48.7 Å². The molecule has 0 spiro atoms. The number of nitrogens with zero attached hydrogens (tertiary/aromatic N) is 2. The predicted octanol–water partition coefficient (Wildman–Crippen LogP) is 2.91. The van der Waals surface area contributed by atoms with Crippen LogP contribution < -0.4 is 10.6 Å². The largest absolute Gasteiger partial charge is 0.444 e. The summed E-state index contributed by atoms with van der Waals surface area (Å²) in [5.41, 5.74) is 1.02. The van der Waals surface area contributed by atoms with E-state index in [0.717, 1.165) is 10.5 Å². The second-order valence-electron chi connectivity index (χ2n) is 8.62. The van der Waals surface area contributed by atoms with Crippen molar-refractivity contribution < 1.29 is 24.2 Å². The topological polar surface area (TPSA) is 132 Å². The van der Waals surface area contributed by atoms with Crippen molar-refractivity contribution >= 4 is 23.6 Å². The molecule has 2 unspecified atom stereocenters. The molecule has 0 bridgehead atoms. The molecule has 0 heterocycles. The summed E-state index contributed by atoms with van der Waals surface area (Å²) in [5.74, 6) is -1.35. The summed E-state index contributed by atoms with van der Waals surface area (Å²) in [6.07, 6.45) is -0.905. The third-order valence-corrected chi connectivity index (χ3v) is 4.77. The SMILES string of the molecule is Cc1ccccc1NC(=O)C(c1ccccc1)N(CC#N)C(=O)C(CO)NC(=O)OC(C)(C)C. The van der Waals surface area contributed by atoms with Gasteiger partial charge in [0.25, 0.3) is 5.91 Å². The van der Waals surface area contributed by atoms with Gasteiger partial charge in [-0.15, -0.1) is 0 Å². The average molecular weight is 467 g/mol. The van der Waals surface area contributed by atoms with Gasteiger partial charge in [0.2, 0.25) is 5.91 Å². The van der Waals surface area contributed by atoms with Crippen LogP contribution in [0.15, 0.2) is 54.6 Å². The van der Waals surface area contributed by atoms with E-state index in [2.05, 4.69) is 10.6 Å². The molecule has 2 aromatic rings. The molecule has 2 rings (SSSR count). The molecular formula is C25H30N4O5. The predicted molar refractivity (Wildman–Crippen MR) is 127 cm³/mol. The van der Waals surface area contributed by atoms with Crippen LogP contribution in [-0.4, -0.2) is 52.7 Å². The Hall–Kier alpha value is -3.90. The van der Waals surface area contributed by atoms with Gasteiger partial charge in [0.15, 0.2) is 0 Å². The van der Waals surface area contributed by atoms with Gasteiger partial charge in [0, 0.05) is 5.69 Å². The van der Waals surface area contributed by atoms with Gasteiger partial charge < -0.3 is 25.4 Å². The van der Waals surface area contributed by atoms with Crippen LogP contribution in [-0.2, 0) is 14.3 Å². The van der Waals surface area contributed by atoms with E-state index in [4.69, 9.17) is 4.74 Å². The number of aliphatic hydroxyl groups is 1. The first-order valence-electron chi connectivity index (χ1n) is 10.8. The maximum absolute atomic E-state index is 13.4. The minimum atomic E-state index is -1.42. The van der Waals surface area contributed by atoms with Gasteiger partial charge in [-0.2, -0.15) is 5.26 Å². The van der Waals surface area contributed by atoms with Crippen molar-refractivity contribution in [2.24, 2.45) is 0 Å². The summed E-state index contributed by atoms with van der Waals surface area (Å²) in [4.78, 5) is 40.0. The van der Waals surface area contributed by atoms with E-state index in [1.54, 1.807) is 63.2 Å². The lowest BCUT2D eigenvalue weighted by atomic mass is 10.0. The first-order chi connectivity index (χ1) is 16.1. The molecule has 0 saturated carbocycles. The Morgan fingerprint density at radius 3 is 2.26 bits per heavy atom. The highest BCUT2D eigenvalue weighted by Gasteiger charge is 2.36. The van der Waals surface area contributed by atoms with E-state index in [9.17, 15) is 24.8 Å².